The number of aliphatic hydroxyl groups excluding tert-OH is 1. The molecule has 1 aromatic rings. The first kappa shape index (κ1) is 10.1. The molecule has 2 N–H and O–H groups in total. The van der Waals surface area contributed by atoms with Crippen LogP contribution in [0.3, 0.4) is 0 Å². The molecule has 0 aromatic carbocycles. The molecule has 4 nitrogen and oxygen atoms in total. The Balaban J connectivity index is 2.58. The average molecular weight is 201 g/mol. The Kier molecular flexibility index (Phi) is 3.39. The normalized spacial score (nSPS) is 12.8. The van der Waals surface area contributed by atoms with Crippen molar-refractivity contribution in [3.8, 4) is 0 Å². The molecule has 0 aliphatic rings. The first-order valence-corrected chi connectivity index (χ1v) is 4.79. The summed E-state index contributed by atoms with van der Waals surface area (Å²) < 4.78 is 0. The smallest absolute Gasteiger partial charge is 0.332 e. The molecule has 0 aliphatic carbocycles. The number of thiazole rings is 1. The summed E-state index contributed by atoms with van der Waals surface area (Å²) in [5, 5.41) is 18.1. The Hall–Kier alpha value is -0.940. The standard InChI is InChI=1S/C8H11NO3S/c1-2-5-4-9-7(13-5)3-6(10)8(11)12/h4,6,10H,2-3H2,1H3,(H,11,12). The van der Waals surface area contributed by atoms with Crippen LogP contribution in [0.5, 0.6) is 0 Å². The van der Waals surface area contributed by atoms with Crippen molar-refractivity contribution >= 4 is 17.3 Å². The minimum atomic E-state index is -1.34. The number of aromatic nitrogens is 1. The Bertz CT molecular complexity index is 297. The number of aliphatic carboxylic acids is 1. The summed E-state index contributed by atoms with van der Waals surface area (Å²) in [6, 6.07) is 0. The van der Waals surface area contributed by atoms with E-state index in [4.69, 9.17) is 10.2 Å². The molecule has 0 bridgehead atoms. The third kappa shape index (κ3) is 2.78. The molecule has 13 heavy (non-hydrogen) atoms. The highest BCUT2D eigenvalue weighted by Gasteiger charge is 2.15. The second kappa shape index (κ2) is 4.34. The lowest BCUT2D eigenvalue weighted by molar-refractivity contribution is -0.146. The van der Waals surface area contributed by atoms with Crippen LogP contribution in [-0.4, -0.2) is 27.3 Å². The predicted octanol–water partition coefficient (Wildman–Crippen LogP) is 0.694. The number of carboxylic acid groups (broad SMARTS) is 1. The molecule has 0 fully saturated rings. The largest absolute Gasteiger partial charge is 0.479 e. The number of nitrogens with zero attached hydrogens (tertiary/aromatic N) is 1. The van der Waals surface area contributed by atoms with Gasteiger partial charge in [0.05, 0.1) is 5.01 Å². The molecule has 0 spiro atoms. The monoisotopic (exact) mass is 201 g/mol. The number of carbonyl (C=O) groups is 1. The van der Waals surface area contributed by atoms with Gasteiger partial charge in [0.25, 0.3) is 0 Å². The van der Waals surface area contributed by atoms with Gasteiger partial charge >= 0.3 is 5.97 Å². The highest BCUT2D eigenvalue weighted by molar-refractivity contribution is 7.11. The van der Waals surface area contributed by atoms with Crippen molar-refractivity contribution in [2.45, 2.75) is 25.9 Å². The van der Waals surface area contributed by atoms with Crippen LogP contribution in [0.15, 0.2) is 6.20 Å². The average Bonchev–Trinajstić information content (AvgIpc) is 2.52. The van der Waals surface area contributed by atoms with Crippen LogP contribution in [0.25, 0.3) is 0 Å². The number of hydrogen-bond acceptors (Lipinski definition) is 4. The lowest BCUT2D eigenvalue weighted by Gasteiger charge is -2.00. The molecule has 0 amide bonds. The zero-order chi connectivity index (χ0) is 9.84. The zero-order valence-corrected chi connectivity index (χ0v) is 8.04. The highest BCUT2D eigenvalue weighted by atomic mass is 32.1. The number of aliphatic hydroxyl groups is 1. The van der Waals surface area contributed by atoms with Gasteiger partial charge in [0.2, 0.25) is 0 Å². The van der Waals surface area contributed by atoms with E-state index in [0.717, 1.165) is 11.3 Å². The van der Waals surface area contributed by atoms with E-state index in [1.54, 1.807) is 6.20 Å². The predicted molar refractivity (Wildman–Crippen MR) is 48.8 cm³/mol. The molecular weight excluding hydrogens is 190 g/mol. The van der Waals surface area contributed by atoms with Crippen molar-refractivity contribution in [2.24, 2.45) is 0 Å². The molecular formula is C8H11NO3S. The summed E-state index contributed by atoms with van der Waals surface area (Å²) in [5.41, 5.74) is 0. The topological polar surface area (TPSA) is 70.4 Å². The molecule has 0 saturated carbocycles. The van der Waals surface area contributed by atoms with Crippen molar-refractivity contribution in [3.63, 3.8) is 0 Å². The number of hydrogen-bond donors (Lipinski definition) is 2. The first-order chi connectivity index (χ1) is 6.13. The lowest BCUT2D eigenvalue weighted by Crippen LogP contribution is -2.21. The first-order valence-electron chi connectivity index (χ1n) is 3.98. The van der Waals surface area contributed by atoms with Crippen LogP contribution < -0.4 is 0 Å². The molecule has 5 heteroatoms. The van der Waals surface area contributed by atoms with Crippen LogP contribution in [0, 0.1) is 0 Å². The second-order valence-electron chi connectivity index (χ2n) is 2.63. The highest BCUT2D eigenvalue weighted by Crippen LogP contribution is 2.14. The molecule has 1 rings (SSSR count). The fourth-order valence-corrected chi connectivity index (χ4v) is 1.76. The van der Waals surface area contributed by atoms with Crippen molar-refractivity contribution in [2.75, 3.05) is 0 Å². The van der Waals surface area contributed by atoms with E-state index in [-0.39, 0.29) is 6.42 Å². The molecule has 1 aromatic heterocycles. The molecule has 1 unspecified atom stereocenters. The van der Waals surface area contributed by atoms with Crippen LogP contribution in [0.1, 0.15) is 16.8 Å². The maximum absolute atomic E-state index is 10.3. The van der Waals surface area contributed by atoms with Gasteiger partial charge in [0, 0.05) is 17.5 Å². The second-order valence-corrected chi connectivity index (χ2v) is 3.83. The van der Waals surface area contributed by atoms with E-state index < -0.39 is 12.1 Å². The van der Waals surface area contributed by atoms with Crippen molar-refractivity contribution < 1.29 is 15.0 Å². The fourth-order valence-electron chi connectivity index (χ4n) is 0.859. The maximum Gasteiger partial charge on any atom is 0.332 e. The third-order valence-corrected chi connectivity index (χ3v) is 2.77. The van der Waals surface area contributed by atoms with Gasteiger partial charge in [-0.25, -0.2) is 9.78 Å². The van der Waals surface area contributed by atoms with Gasteiger partial charge in [0.1, 0.15) is 0 Å². The Morgan fingerprint density at radius 1 is 1.77 bits per heavy atom. The van der Waals surface area contributed by atoms with E-state index >= 15 is 0 Å². The summed E-state index contributed by atoms with van der Waals surface area (Å²) in [6.45, 7) is 2.00. The molecule has 1 atom stereocenters. The van der Waals surface area contributed by atoms with E-state index in [2.05, 4.69) is 4.98 Å². The summed E-state index contributed by atoms with van der Waals surface area (Å²) in [5.74, 6) is -1.20. The van der Waals surface area contributed by atoms with Crippen molar-refractivity contribution in [1.82, 2.24) is 4.98 Å². The van der Waals surface area contributed by atoms with E-state index in [0.29, 0.717) is 5.01 Å². The van der Waals surface area contributed by atoms with Gasteiger partial charge in [-0.1, -0.05) is 6.92 Å². The third-order valence-electron chi connectivity index (χ3n) is 1.60. The van der Waals surface area contributed by atoms with Crippen molar-refractivity contribution in [1.29, 1.82) is 0 Å². The van der Waals surface area contributed by atoms with E-state index in [1.165, 1.54) is 11.3 Å². The van der Waals surface area contributed by atoms with Gasteiger partial charge < -0.3 is 10.2 Å². The molecule has 0 saturated heterocycles. The Labute approximate surface area is 79.9 Å². The Morgan fingerprint density at radius 2 is 2.46 bits per heavy atom. The van der Waals surface area contributed by atoms with Gasteiger partial charge in [-0.3, -0.25) is 0 Å². The van der Waals surface area contributed by atoms with E-state index in [1.807, 2.05) is 6.92 Å². The van der Waals surface area contributed by atoms with Gasteiger partial charge in [-0.15, -0.1) is 11.3 Å². The summed E-state index contributed by atoms with van der Waals surface area (Å²) in [6.07, 6.45) is 1.37. The molecule has 72 valence electrons. The minimum absolute atomic E-state index is 0.0972. The van der Waals surface area contributed by atoms with Crippen LogP contribution in [-0.2, 0) is 17.6 Å². The molecule has 1 heterocycles. The van der Waals surface area contributed by atoms with Crippen molar-refractivity contribution in [3.05, 3.63) is 16.1 Å². The lowest BCUT2D eigenvalue weighted by atomic mass is 10.3. The van der Waals surface area contributed by atoms with E-state index in [9.17, 15) is 4.79 Å². The summed E-state index contributed by atoms with van der Waals surface area (Å²) >= 11 is 1.44. The quantitative estimate of drug-likeness (QED) is 0.752. The number of aryl methyl sites for hydroxylation is 1. The van der Waals surface area contributed by atoms with Gasteiger partial charge in [0.15, 0.2) is 6.10 Å². The van der Waals surface area contributed by atoms with Crippen LogP contribution in [0.4, 0.5) is 0 Å². The van der Waals surface area contributed by atoms with Gasteiger partial charge in [-0.05, 0) is 6.42 Å². The molecule has 0 radical (unpaired) electrons. The number of rotatable bonds is 4. The summed E-state index contributed by atoms with van der Waals surface area (Å²) in [4.78, 5) is 15.4. The summed E-state index contributed by atoms with van der Waals surface area (Å²) in [7, 11) is 0. The van der Waals surface area contributed by atoms with Crippen LogP contribution in [0.2, 0.25) is 0 Å². The zero-order valence-electron chi connectivity index (χ0n) is 7.23. The molecule has 0 aliphatic heterocycles. The van der Waals surface area contributed by atoms with Crippen LogP contribution >= 0.6 is 11.3 Å². The fraction of sp³-hybridized carbons (Fsp3) is 0.500. The number of carboxylic acids is 1. The minimum Gasteiger partial charge on any atom is -0.479 e. The van der Waals surface area contributed by atoms with Gasteiger partial charge in [-0.2, -0.15) is 0 Å². The maximum atomic E-state index is 10.3. The SMILES string of the molecule is CCc1cnc(CC(O)C(=O)O)s1. The Morgan fingerprint density at radius 3 is 2.92 bits per heavy atom.